The van der Waals surface area contributed by atoms with Gasteiger partial charge in [0.25, 0.3) is 0 Å². The molecule has 0 radical (unpaired) electrons. The fourth-order valence-electron chi connectivity index (χ4n) is 4.08. The normalized spacial score (nSPS) is 19.9. The molecule has 2 saturated heterocycles. The Morgan fingerprint density at radius 2 is 1.86 bits per heavy atom. The van der Waals surface area contributed by atoms with Gasteiger partial charge in [0.15, 0.2) is 0 Å². The van der Waals surface area contributed by atoms with Gasteiger partial charge in [0, 0.05) is 51.1 Å². The van der Waals surface area contributed by atoms with Crippen LogP contribution >= 0.6 is 0 Å². The Morgan fingerprint density at radius 3 is 2.61 bits per heavy atom. The average molecular weight is 382 g/mol. The molecule has 2 aliphatic rings. The number of nitrogens with zero attached hydrogens (tertiary/aromatic N) is 4. The third kappa shape index (κ3) is 4.22. The van der Waals surface area contributed by atoms with Crippen LogP contribution in [0, 0.1) is 20.8 Å². The summed E-state index contributed by atoms with van der Waals surface area (Å²) in [5, 5.41) is 3.44. The number of ether oxygens (including phenoxy) is 1. The molecule has 0 aliphatic carbocycles. The lowest BCUT2D eigenvalue weighted by Gasteiger charge is -2.37. The van der Waals surface area contributed by atoms with Crippen LogP contribution in [0.2, 0.25) is 0 Å². The van der Waals surface area contributed by atoms with E-state index in [1.807, 2.05) is 6.92 Å². The molecule has 6 heteroatoms. The van der Waals surface area contributed by atoms with Crippen molar-refractivity contribution in [3.8, 4) is 0 Å². The maximum absolute atomic E-state index is 5.70. The van der Waals surface area contributed by atoms with E-state index in [4.69, 9.17) is 9.72 Å². The summed E-state index contributed by atoms with van der Waals surface area (Å²) in [4.78, 5) is 14.1. The standard InChI is InChI=1S/C22H31N5O/c1-16-6-4-8-20(17(16)2)26-9-11-27(12-10-26)22-14-21(24-18(3)25-22)23-15-19-7-5-13-28-19/h4,6,8,14,19H,5,7,9-13,15H2,1-3H3,(H,23,24,25). The van der Waals surface area contributed by atoms with Crippen LogP contribution in [0.1, 0.15) is 29.8 Å². The SMILES string of the molecule is Cc1nc(NCC2CCCO2)cc(N2CCN(c3cccc(C)c3C)CC2)n1. The first-order valence-electron chi connectivity index (χ1n) is 10.4. The zero-order valence-corrected chi connectivity index (χ0v) is 17.2. The molecule has 0 spiro atoms. The molecule has 0 bridgehead atoms. The number of hydrogen-bond acceptors (Lipinski definition) is 6. The molecule has 28 heavy (non-hydrogen) atoms. The molecule has 0 amide bonds. The molecule has 1 aromatic heterocycles. The van der Waals surface area contributed by atoms with E-state index in [0.29, 0.717) is 6.10 Å². The quantitative estimate of drug-likeness (QED) is 0.857. The van der Waals surface area contributed by atoms with E-state index >= 15 is 0 Å². The summed E-state index contributed by atoms with van der Waals surface area (Å²) in [7, 11) is 0. The number of piperazine rings is 1. The Hall–Kier alpha value is -2.34. The molecule has 6 nitrogen and oxygen atoms in total. The molecular formula is C22H31N5O. The van der Waals surface area contributed by atoms with Gasteiger partial charge < -0.3 is 19.9 Å². The van der Waals surface area contributed by atoms with Gasteiger partial charge in [-0.05, 0) is 50.8 Å². The summed E-state index contributed by atoms with van der Waals surface area (Å²) in [6, 6.07) is 8.66. The Kier molecular flexibility index (Phi) is 5.67. The minimum absolute atomic E-state index is 0.305. The van der Waals surface area contributed by atoms with Crippen LogP contribution in [0.25, 0.3) is 0 Å². The predicted octanol–water partition coefficient (Wildman–Crippen LogP) is 3.32. The van der Waals surface area contributed by atoms with Gasteiger partial charge in [0.1, 0.15) is 17.5 Å². The number of rotatable bonds is 5. The van der Waals surface area contributed by atoms with E-state index in [0.717, 1.165) is 69.6 Å². The monoisotopic (exact) mass is 381 g/mol. The first kappa shape index (κ1) is 19.0. The van der Waals surface area contributed by atoms with E-state index in [9.17, 15) is 0 Å². The molecule has 150 valence electrons. The smallest absolute Gasteiger partial charge is 0.134 e. The van der Waals surface area contributed by atoms with Crippen molar-refractivity contribution in [3.05, 3.63) is 41.2 Å². The Balaban J connectivity index is 1.40. The first-order chi connectivity index (χ1) is 13.6. The van der Waals surface area contributed by atoms with Crippen molar-refractivity contribution in [2.24, 2.45) is 0 Å². The van der Waals surface area contributed by atoms with Crippen LogP contribution in [0.15, 0.2) is 24.3 Å². The van der Waals surface area contributed by atoms with Gasteiger partial charge in [0.2, 0.25) is 0 Å². The molecule has 1 atom stereocenters. The highest BCUT2D eigenvalue weighted by atomic mass is 16.5. The summed E-state index contributed by atoms with van der Waals surface area (Å²) >= 11 is 0. The minimum Gasteiger partial charge on any atom is -0.376 e. The second-order valence-electron chi connectivity index (χ2n) is 7.87. The lowest BCUT2D eigenvalue weighted by atomic mass is 10.1. The van der Waals surface area contributed by atoms with Gasteiger partial charge in [-0.25, -0.2) is 9.97 Å². The maximum Gasteiger partial charge on any atom is 0.134 e. The molecule has 2 aromatic rings. The van der Waals surface area contributed by atoms with Crippen molar-refractivity contribution in [2.75, 3.05) is 54.4 Å². The van der Waals surface area contributed by atoms with Crippen LogP contribution in [0.4, 0.5) is 17.3 Å². The third-order valence-corrected chi connectivity index (χ3v) is 5.88. The molecule has 1 aromatic carbocycles. The van der Waals surface area contributed by atoms with Crippen LogP contribution in [0.3, 0.4) is 0 Å². The zero-order chi connectivity index (χ0) is 19.5. The topological polar surface area (TPSA) is 53.5 Å². The van der Waals surface area contributed by atoms with Gasteiger partial charge in [-0.2, -0.15) is 0 Å². The predicted molar refractivity (Wildman–Crippen MR) is 115 cm³/mol. The van der Waals surface area contributed by atoms with E-state index in [2.05, 4.69) is 58.2 Å². The van der Waals surface area contributed by atoms with Gasteiger partial charge in [-0.15, -0.1) is 0 Å². The van der Waals surface area contributed by atoms with Crippen LogP contribution in [0.5, 0.6) is 0 Å². The highest BCUT2D eigenvalue weighted by Gasteiger charge is 2.21. The number of nitrogens with one attached hydrogen (secondary N) is 1. The summed E-state index contributed by atoms with van der Waals surface area (Å²) < 4.78 is 5.70. The number of benzene rings is 1. The molecule has 2 aliphatic heterocycles. The van der Waals surface area contributed by atoms with Gasteiger partial charge in [-0.1, -0.05) is 12.1 Å². The Labute approximate surface area is 167 Å². The van der Waals surface area contributed by atoms with Gasteiger partial charge in [-0.3, -0.25) is 0 Å². The van der Waals surface area contributed by atoms with Crippen molar-refractivity contribution in [1.29, 1.82) is 0 Å². The highest BCUT2D eigenvalue weighted by Crippen LogP contribution is 2.25. The molecule has 1 unspecified atom stereocenters. The Bertz CT molecular complexity index is 811. The van der Waals surface area contributed by atoms with E-state index in [1.54, 1.807) is 0 Å². The Morgan fingerprint density at radius 1 is 1.07 bits per heavy atom. The summed E-state index contributed by atoms with van der Waals surface area (Å²) in [6.45, 7) is 12.0. The average Bonchev–Trinajstić information content (AvgIpc) is 3.22. The molecule has 0 saturated carbocycles. The fraction of sp³-hybridized carbons (Fsp3) is 0.545. The number of aromatic nitrogens is 2. The largest absolute Gasteiger partial charge is 0.376 e. The van der Waals surface area contributed by atoms with Gasteiger partial charge >= 0.3 is 0 Å². The molecule has 1 N–H and O–H groups in total. The molecule has 3 heterocycles. The minimum atomic E-state index is 0.305. The zero-order valence-electron chi connectivity index (χ0n) is 17.2. The molecule has 2 fully saturated rings. The second-order valence-corrected chi connectivity index (χ2v) is 7.87. The number of anilines is 3. The fourth-order valence-corrected chi connectivity index (χ4v) is 4.08. The van der Waals surface area contributed by atoms with Crippen molar-refractivity contribution in [3.63, 3.8) is 0 Å². The summed E-state index contributed by atoms with van der Waals surface area (Å²) in [6.07, 6.45) is 2.59. The van der Waals surface area contributed by atoms with Crippen molar-refractivity contribution < 1.29 is 4.74 Å². The van der Waals surface area contributed by atoms with Crippen molar-refractivity contribution >= 4 is 17.3 Å². The number of hydrogen-bond donors (Lipinski definition) is 1. The second kappa shape index (κ2) is 8.35. The maximum atomic E-state index is 5.70. The molecular weight excluding hydrogens is 350 g/mol. The van der Waals surface area contributed by atoms with Crippen LogP contribution in [-0.2, 0) is 4.74 Å². The number of aryl methyl sites for hydroxylation is 2. The summed E-state index contributed by atoms with van der Waals surface area (Å²) in [5.41, 5.74) is 4.10. The lowest BCUT2D eigenvalue weighted by Crippen LogP contribution is -2.47. The highest BCUT2D eigenvalue weighted by molar-refractivity contribution is 5.58. The summed E-state index contributed by atoms with van der Waals surface area (Å²) in [5.74, 6) is 2.72. The van der Waals surface area contributed by atoms with E-state index in [1.165, 1.54) is 16.8 Å². The molecule has 4 rings (SSSR count). The van der Waals surface area contributed by atoms with Gasteiger partial charge in [0.05, 0.1) is 6.10 Å². The van der Waals surface area contributed by atoms with E-state index < -0.39 is 0 Å². The third-order valence-electron chi connectivity index (χ3n) is 5.88. The van der Waals surface area contributed by atoms with Crippen LogP contribution < -0.4 is 15.1 Å². The van der Waals surface area contributed by atoms with E-state index in [-0.39, 0.29) is 0 Å². The van der Waals surface area contributed by atoms with Crippen molar-refractivity contribution in [2.45, 2.75) is 39.7 Å². The van der Waals surface area contributed by atoms with Crippen molar-refractivity contribution in [1.82, 2.24) is 9.97 Å². The van der Waals surface area contributed by atoms with Crippen LogP contribution in [-0.4, -0.2) is 55.4 Å². The first-order valence-corrected chi connectivity index (χ1v) is 10.4. The lowest BCUT2D eigenvalue weighted by molar-refractivity contribution is 0.120.